The average Bonchev–Trinajstić information content (AvgIpc) is 3.01. The van der Waals surface area contributed by atoms with Crippen LogP contribution in [-0.2, 0) is 11.3 Å². The van der Waals surface area contributed by atoms with Crippen molar-refractivity contribution < 1.29 is 4.79 Å². The molecule has 1 aromatic carbocycles. The van der Waals surface area contributed by atoms with Gasteiger partial charge in [-0.25, -0.2) is 0 Å². The molecular weight excluding hydrogens is 302 g/mol. The van der Waals surface area contributed by atoms with Crippen LogP contribution in [0.3, 0.4) is 0 Å². The minimum Gasteiger partial charge on any atom is -0.326 e. The Morgan fingerprint density at radius 1 is 1.29 bits per heavy atom. The molecule has 0 aliphatic carbocycles. The van der Waals surface area contributed by atoms with Gasteiger partial charge in [-0.05, 0) is 26.2 Å². The number of hydrogen-bond acceptors (Lipinski definition) is 4. The molecular formula is C18H27N5O. The van der Waals surface area contributed by atoms with Crippen LogP contribution in [0.25, 0.3) is 11.3 Å². The Bertz CT molecular complexity index is 648. The lowest BCUT2D eigenvalue weighted by Gasteiger charge is -2.16. The van der Waals surface area contributed by atoms with E-state index in [9.17, 15) is 4.79 Å². The van der Waals surface area contributed by atoms with Gasteiger partial charge in [-0.2, -0.15) is 5.10 Å². The van der Waals surface area contributed by atoms with Crippen LogP contribution in [0, 0.1) is 5.92 Å². The fourth-order valence-corrected chi connectivity index (χ4v) is 2.36. The molecule has 0 atom stereocenters. The summed E-state index contributed by atoms with van der Waals surface area (Å²) in [6.45, 7) is 6.52. The van der Waals surface area contributed by atoms with E-state index in [0.29, 0.717) is 0 Å². The number of aromatic nitrogens is 2. The van der Waals surface area contributed by atoms with E-state index in [1.165, 1.54) is 0 Å². The van der Waals surface area contributed by atoms with E-state index in [1.54, 1.807) is 0 Å². The first-order valence-electron chi connectivity index (χ1n) is 8.28. The number of hydrogen-bond donors (Lipinski definition) is 3. The van der Waals surface area contributed by atoms with Crippen molar-refractivity contribution in [2.75, 3.05) is 32.5 Å². The summed E-state index contributed by atoms with van der Waals surface area (Å²) in [6, 6.07) is 7.81. The molecule has 130 valence electrons. The smallest absolute Gasteiger partial charge is 0.226 e. The standard InChI is InChI=1S/C18H27N5O/c1-13(2)18(24)21-16-7-5-14(6-8-16)17-15(11-20-22-17)12-23(4)10-9-19-3/h5-8,11,13,19H,9-10,12H2,1-4H3,(H,20,22)(H,21,24). The van der Waals surface area contributed by atoms with E-state index < -0.39 is 0 Å². The molecule has 24 heavy (non-hydrogen) atoms. The molecule has 0 bridgehead atoms. The highest BCUT2D eigenvalue weighted by atomic mass is 16.1. The number of likely N-dealkylation sites (N-methyl/N-ethyl adjacent to an activating group) is 2. The molecule has 0 saturated carbocycles. The van der Waals surface area contributed by atoms with Gasteiger partial charge >= 0.3 is 0 Å². The predicted octanol–water partition coefficient (Wildman–Crippen LogP) is 2.32. The monoisotopic (exact) mass is 329 g/mol. The van der Waals surface area contributed by atoms with Gasteiger partial charge in [-0.3, -0.25) is 9.89 Å². The van der Waals surface area contributed by atoms with Gasteiger partial charge in [0.05, 0.1) is 5.69 Å². The zero-order valence-corrected chi connectivity index (χ0v) is 14.9. The number of nitrogens with zero attached hydrogens (tertiary/aromatic N) is 2. The second kappa shape index (κ2) is 8.61. The number of rotatable bonds is 8. The minimum atomic E-state index is -0.0317. The largest absolute Gasteiger partial charge is 0.326 e. The van der Waals surface area contributed by atoms with Gasteiger partial charge in [-0.15, -0.1) is 0 Å². The Balaban J connectivity index is 2.07. The van der Waals surface area contributed by atoms with Crippen LogP contribution in [0.2, 0.25) is 0 Å². The number of carbonyl (C=O) groups excluding carboxylic acids is 1. The molecule has 1 heterocycles. The molecule has 2 rings (SSSR count). The van der Waals surface area contributed by atoms with Crippen LogP contribution in [-0.4, -0.2) is 48.2 Å². The quantitative estimate of drug-likeness (QED) is 0.695. The fourth-order valence-electron chi connectivity index (χ4n) is 2.36. The van der Waals surface area contributed by atoms with Gasteiger partial charge < -0.3 is 15.5 Å². The van der Waals surface area contributed by atoms with Gasteiger partial charge in [0.2, 0.25) is 5.91 Å². The van der Waals surface area contributed by atoms with Crippen LogP contribution in [0.15, 0.2) is 30.5 Å². The van der Waals surface area contributed by atoms with Crippen molar-refractivity contribution in [2.24, 2.45) is 5.92 Å². The number of amides is 1. The molecule has 0 fully saturated rings. The van der Waals surface area contributed by atoms with Gasteiger partial charge in [0.25, 0.3) is 0 Å². The van der Waals surface area contributed by atoms with Gasteiger partial charge in [0.1, 0.15) is 0 Å². The highest BCUT2D eigenvalue weighted by Crippen LogP contribution is 2.24. The SMILES string of the molecule is CNCCN(C)Cc1c[nH]nc1-c1ccc(NC(=O)C(C)C)cc1. The maximum Gasteiger partial charge on any atom is 0.226 e. The summed E-state index contributed by atoms with van der Waals surface area (Å²) < 4.78 is 0. The van der Waals surface area contributed by atoms with E-state index in [0.717, 1.165) is 42.1 Å². The van der Waals surface area contributed by atoms with E-state index >= 15 is 0 Å². The summed E-state index contributed by atoms with van der Waals surface area (Å²) in [5.74, 6) is -0.00913. The van der Waals surface area contributed by atoms with E-state index in [-0.39, 0.29) is 11.8 Å². The van der Waals surface area contributed by atoms with Crippen molar-refractivity contribution in [3.63, 3.8) is 0 Å². The molecule has 0 unspecified atom stereocenters. The fraction of sp³-hybridized carbons (Fsp3) is 0.444. The average molecular weight is 329 g/mol. The highest BCUT2D eigenvalue weighted by molar-refractivity contribution is 5.92. The van der Waals surface area contributed by atoms with Crippen LogP contribution < -0.4 is 10.6 Å². The number of nitrogens with one attached hydrogen (secondary N) is 3. The molecule has 0 aliphatic heterocycles. The number of H-pyrrole nitrogens is 1. The Kier molecular flexibility index (Phi) is 6.52. The number of benzene rings is 1. The molecule has 0 saturated heterocycles. The lowest BCUT2D eigenvalue weighted by atomic mass is 10.1. The van der Waals surface area contributed by atoms with Crippen molar-refractivity contribution >= 4 is 11.6 Å². The summed E-state index contributed by atoms with van der Waals surface area (Å²) in [5, 5.41) is 13.4. The van der Waals surface area contributed by atoms with Crippen LogP contribution >= 0.6 is 0 Å². The Morgan fingerprint density at radius 2 is 2.00 bits per heavy atom. The summed E-state index contributed by atoms with van der Waals surface area (Å²) in [5.41, 5.74) is 3.96. The summed E-state index contributed by atoms with van der Waals surface area (Å²) in [6.07, 6.45) is 1.94. The van der Waals surface area contributed by atoms with Crippen molar-refractivity contribution in [1.82, 2.24) is 20.4 Å². The van der Waals surface area contributed by atoms with Crippen molar-refractivity contribution in [1.29, 1.82) is 0 Å². The molecule has 0 radical (unpaired) electrons. The van der Waals surface area contributed by atoms with E-state index in [1.807, 2.05) is 51.4 Å². The number of carbonyl (C=O) groups is 1. The summed E-state index contributed by atoms with van der Waals surface area (Å²) in [4.78, 5) is 14.0. The topological polar surface area (TPSA) is 73.1 Å². The molecule has 3 N–H and O–H groups in total. The van der Waals surface area contributed by atoms with Gasteiger partial charge in [0.15, 0.2) is 0 Å². The molecule has 2 aromatic rings. The van der Waals surface area contributed by atoms with Crippen LogP contribution in [0.4, 0.5) is 5.69 Å². The second-order valence-corrected chi connectivity index (χ2v) is 6.32. The lowest BCUT2D eigenvalue weighted by Crippen LogP contribution is -2.26. The number of aromatic amines is 1. The van der Waals surface area contributed by atoms with Crippen LogP contribution in [0.1, 0.15) is 19.4 Å². The highest BCUT2D eigenvalue weighted by Gasteiger charge is 2.11. The van der Waals surface area contributed by atoms with Gasteiger partial charge in [-0.1, -0.05) is 26.0 Å². The van der Waals surface area contributed by atoms with Crippen LogP contribution in [0.5, 0.6) is 0 Å². The first-order valence-corrected chi connectivity index (χ1v) is 8.28. The molecule has 6 heteroatoms. The summed E-state index contributed by atoms with van der Waals surface area (Å²) in [7, 11) is 4.05. The van der Waals surface area contributed by atoms with Crippen molar-refractivity contribution in [3.05, 3.63) is 36.0 Å². The Labute approximate surface area is 143 Å². The third kappa shape index (κ3) is 4.91. The third-order valence-electron chi connectivity index (χ3n) is 3.85. The first-order chi connectivity index (χ1) is 11.5. The lowest BCUT2D eigenvalue weighted by molar-refractivity contribution is -0.118. The Morgan fingerprint density at radius 3 is 2.62 bits per heavy atom. The number of anilines is 1. The zero-order chi connectivity index (χ0) is 17.5. The summed E-state index contributed by atoms with van der Waals surface area (Å²) >= 11 is 0. The Hall–Kier alpha value is -2.18. The minimum absolute atomic E-state index is 0.0226. The van der Waals surface area contributed by atoms with Crippen molar-refractivity contribution in [3.8, 4) is 11.3 Å². The molecule has 1 amide bonds. The molecule has 0 spiro atoms. The van der Waals surface area contributed by atoms with E-state index in [4.69, 9.17) is 0 Å². The predicted molar refractivity (Wildman–Crippen MR) is 97.8 cm³/mol. The zero-order valence-electron chi connectivity index (χ0n) is 14.9. The van der Waals surface area contributed by atoms with Crippen molar-refractivity contribution in [2.45, 2.75) is 20.4 Å². The molecule has 1 aromatic heterocycles. The first kappa shape index (κ1) is 18.2. The van der Waals surface area contributed by atoms with E-state index in [2.05, 4.69) is 32.8 Å². The maximum atomic E-state index is 11.7. The maximum absolute atomic E-state index is 11.7. The third-order valence-corrected chi connectivity index (χ3v) is 3.85. The normalized spacial score (nSPS) is 11.2. The molecule has 0 aliphatic rings. The second-order valence-electron chi connectivity index (χ2n) is 6.32. The van der Waals surface area contributed by atoms with Gasteiger partial charge in [0, 0.05) is 48.6 Å². The molecule has 6 nitrogen and oxygen atoms in total.